The number of carbonyl (C=O) groups is 2. The predicted octanol–water partition coefficient (Wildman–Crippen LogP) is 3.24. The zero-order valence-corrected chi connectivity index (χ0v) is 13.6. The number of amides is 1. The molecule has 0 spiro atoms. The molecule has 0 fully saturated rings. The number of nitrogens with one attached hydrogen (secondary N) is 1. The van der Waals surface area contributed by atoms with Gasteiger partial charge in [0.1, 0.15) is 5.58 Å². The average molecular weight is 358 g/mol. The number of ether oxygens (including phenoxy) is 1. The van der Waals surface area contributed by atoms with Crippen LogP contribution in [0, 0.1) is 0 Å². The van der Waals surface area contributed by atoms with Crippen molar-refractivity contribution in [1.29, 1.82) is 0 Å². The highest BCUT2D eigenvalue weighted by atomic mass is 35.5. The molecule has 25 heavy (non-hydrogen) atoms. The van der Waals surface area contributed by atoms with E-state index in [1.165, 1.54) is 18.2 Å². The molecule has 0 saturated carbocycles. The Labute approximate surface area is 147 Å². The highest BCUT2D eigenvalue weighted by Crippen LogP contribution is 2.18. The largest absolute Gasteiger partial charge is 0.450 e. The Morgan fingerprint density at radius 2 is 1.84 bits per heavy atom. The second-order valence-electron chi connectivity index (χ2n) is 5.11. The van der Waals surface area contributed by atoms with Crippen molar-refractivity contribution in [2.24, 2.45) is 0 Å². The fraction of sp³-hybridized carbons (Fsp3) is 0.0556. The lowest BCUT2D eigenvalue weighted by Crippen LogP contribution is -2.21. The Kier molecular flexibility index (Phi) is 4.81. The molecule has 3 aromatic rings. The molecule has 1 amide bonds. The van der Waals surface area contributed by atoms with Crippen LogP contribution in [0.1, 0.15) is 10.6 Å². The Bertz CT molecular complexity index is 997. The van der Waals surface area contributed by atoms with Crippen LogP contribution in [-0.2, 0) is 9.53 Å². The molecular formula is C18H12ClNO5. The molecule has 1 N–H and O–H groups in total. The normalized spacial score (nSPS) is 10.4. The van der Waals surface area contributed by atoms with E-state index in [-0.39, 0.29) is 16.7 Å². The molecule has 1 heterocycles. The summed E-state index contributed by atoms with van der Waals surface area (Å²) in [5.74, 6) is -1.70. The number of hydrogen-bond acceptors (Lipinski definition) is 5. The van der Waals surface area contributed by atoms with Gasteiger partial charge in [-0.1, -0.05) is 29.8 Å². The number of para-hydroxylation sites is 1. The second-order valence-corrected chi connectivity index (χ2v) is 5.54. The van der Waals surface area contributed by atoms with E-state index in [0.29, 0.717) is 10.7 Å². The molecule has 0 bridgehead atoms. The van der Waals surface area contributed by atoms with Crippen molar-refractivity contribution in [3.05, 3.63) is 75.6 Å². The Hall–Kier alpha value is -3.12. The summed E-state index contributed by atoms with van der Waals surface area (Å²) in [6.45, 7) is -0.504. The van der Waals surface area contributed by atoms with Crippen LogP contribution in [-0.4, -0.2) is 18.5 Å². The van der Waals surface area contributed by atoms with Crippen LogP contribution in [0.3, 0.4) is 0 Å². The maximum Gasteiger partial charge on any atom is 0.374 e. The van der Waals surface area contributed by atoms with Crippen LogP contribution in [0.15, 0.2) is 63.8 Å². The number of fused-ring (bicyclic) bond motifs is 1. The van der Waals surface area contributed by atoms with E-state index in [1.807, 2.05) is 6.07 Å². The van der Waals surface area contributed by atoms with Crippen LogP contribution in [0.5, 0.6) is 0 Å². The number of anilines is 1. The van der Waals surface area contributed by atoms with Gasteiger partial charge in [-0.25, -0.2) is 4.79 Å². The van der Waals surface area contributed by atoms with Crippen LogP contribution in [0.25, 0.3) is 11.0 Å². The van der Waals surface area contributed by atoms with Gasteiger partial charge in [-0.05, 0) is 30.3 Å². The molecule has 7 heteroatoms. The first-order chi connectivity index (χ1) is 12.0. The molecular weight excluding hydrogens is 346 g/mol. The number of hydrogen-bond donors (Lipinski definition) is 1. The zero-order chi connectivity index (χ0) is 17.8. The predicted molar refractivity (Wildman–Crippen MR) is 92.8 cm³/mol. The summed E-state index contributed by atoms with van der Waals surface area (Å²) in [6, 6.07) is 14.2. The summed E-state index contributed by atoms with van der Waals surface area (Å²) in [5, 5.41) is 3.21. The molecule has 2 aromatic carbocycles. The summed E-state index contributed by atoms with van der Waals surface area (Å²) in [7, 11) is 0. The number of carbonyl (C=O) groups excluding carboxylic acids is 2. The topological polar surface area (TPSA) is 85.6 Å². The fourth-order valence-electron chi connectivity index (χ4n) is 2.15. The third-order valence-electron chi connectivity index (χ3n) is 3.28. The molecule has 0 atom stereocenters. The smallest absolute Gasteiger partial charge is 0.374 e. The summed E-state index contributed by atoms with van der Waals surface area (Å²) >= 11 is 5.83. The number of esters is 1. The third kappa shape index (κ3) is 4.05. The van der Waals surface area contributed by atoms with Gasteiger partial charge in [-0.2, -0.15) is 0 Å². The van der Waals surface area contributed by atoms with Crippen LogP contribution < -0.4 is 10.7 Å². The highest BCUT2D eigenvalue weighted by molar-refractivity contribution is 6.31. The minimum Gasteiger partial charge on any atom is -0.450 e. The van der Waals surface area contributed by atoms with Crippen molar-refractivity contribution in [2.45, 2.75) is 0 Å². The lowest BCUT2D eigenvalue weighted by atomic mass is 10.2. The maximum atomic E-state index is 12.0. The van der Waals surface area contributed by atoms with E-state index < -0.39 is 23.9 Å². The molecule has 0 unspecified atom stereocenters. The molecule has 1 aromatic heterocycles. The average Bonchev–Trinajstić information content (AvgIpc) is 2.61. The lowest BCUT2D eigenvalue weighted by Gasteiger charge is -2.06. The van der Waals surface area contributed by atoms with Crippen molar-refractivity contribution in [2.75, 3.05) is 11.9 Å². The van der Waals surface area contributed by atoms with E-state index in [2.05, 4.69) is 5.32 Å². The van der Waals surface area contributed by atoms with Crippen molar-refractivity contribution in [3.8, 4) is 0 Å². The summed E-state index contributed by atoms with van der Waals surface area (Å²) < 4.78 is 10.2. The lowest BCUT2D eigenvalue weighted by molar-refractivity contribution is -0.119. The van der Waals surface area contributed by atoms with Gasteiger partial charge >= 0.3 is 5.97 Å². The van der Waals surface area contributed by atoms with Crippen LogP contribution in [0.4, 0.5) is 5.69 Å². The zero-order valence-electron chi connectivity index (χ0n) is 12.8. The van der Waals surface area contributed by atoms with Gasteiger partial charge in [0.05, 0.1) is 5.39 Å². The maximum absolute atomic E-state index is 12.0. The summed E-state index contributed by atoms with van der Waals surface area (Å²) in [4.78, 5) is 35.8. The third-order valence-corrected chi connectivity index (χ3v) is 3.52. The van der Waals surface area contributed by atoms with Gasteiger partial charge in [0.25, 0.3) is 5.91 Å². The van der Waals surface area contributed by atoms with E-state index >= 15 is 0 Å². The van der Waals surface area contributed by atoms with Gasteiger partial charge < -0.3 is 14.5 Å². The van der Waals surface area contributed by atoms with Gasteiger partial charge in [0.2, 0.25) is 5.76 Å². The minimum absolute atomic E-state index is 0.206. The van der Waals surface area contributed by atoms with Gasteiger partial charge in [0.15, 0.2) is 12.0 Å². The Morgan fingerprint density at radius 3 is 2.60 bits per heavy atom. The quantitative estimate of drug-likeness (QED) is 0.724. The molecule has 0 radical (unpaired) electrons. The molecule has 0 aliphatic heterocycles. The molecule has 6 nitrogen and oxygen atoms in total. The van der Waals surface area contributed by atoms with Crippen molar-refractivity contribution >= 4 is 40.1 Å². The minimum atomic E-state index is -0.905. The van der Waals surface area contributed by atoms with Gasteiger partial charge in [0, 0.05) is 16.8 Å². The molecule has 3 rings (SSSR count). The van der Waals surface area contributed by atoms with E-state index in [9.17, 15) is 14.4 Å². The summed E-state index contributed by atoms with van der Waals surface area (Å²) in [6.07, 6.45) is 0. The van der Waals surface area contributed by atoms with E-state index in [4.69, 9.17) is 20.8 Å². The Balaban J connectivity index is 1.69. The van der Waals surface area contributed by atoms with Crippen molar-refractivity contribution in [3.63, 3.8) is 0 Å². The molecule has 0 aliphatic carbocycles. The summed E-state index contributed by atoms with van der Waals surface area (Å²) in [5.41, 5.74) is 0.361. The Morgan fingerprint density at radius 1 is 1.08 bits per heavy atom. The number of benzene rings is 2. The highest BCUT2D eigenvalue weighted by Gasteiger charge is 2.15. The fourth-order valence-corrected chi connectivity index (χ4v) is 2.32. The van der Waals surface area contributed by atoms with E-state index in [1.54, 1.807) is 24.3 Å². The first-order valence-corrected chi connectivity index (χ1v) is 7.66. The van der Waals surface area contributed by atoms with Crippen LogP contribution in [0.2, 0.25) is 5.02 Å². The van der Waals surface area contributed by atoms with Crippen LogP contribution >= 0.6 is 11.6 Å². The molecule has 0 aliphatic rings. The SMILES string of the molecule is O=C(COC(=O)c1cc(=O)c2cc(Cl)ccc2o1)Nc1ccccc1. The van der Waals surface area contributed by atoms with Crippen molar-refractivity contribution < 1.29 is 18.7 Å². The number of rotatable bonds is 4. The molecule has 0 saturated heterocycles. The first-order valence-electron chi connectivity index (χ1n) is 7.28. The van der Waals surface area contributed by atoms with E-state index in [0.717, 1.165) is 6.07 Å². The van der Waals surface area contributed by atoms with Crippen molar-refractivity contribution in [1.82, 2.24) is 0 Å². The van der Waals surface area contributed by atoms with Gasteiger partial charge in [-0.3, -0.25) is 9.59 Å². The molecule has 126 valence electrons. The standard InChI is InChI=1S/C18H12ClNO5/c19-11-6-7-15-13(8-11)14(21)9-16(25-15)18(23)24-10-17(22)20-12-4-2-1-3-5-12/h1-9H,10H2,(H,20,22). The number of halogens is 1. The monoisotopic (exact) mass is 357 g/mol. The second kappa shape index (κ2) is 7.19. The van der Waals surface area contributed by atoms with Gasteiger partial charge in [-0.15, -0.1) is 0 Å². The first kappa shape index (κ1) is 16.7.